The number of carbonyl (C=O) groups excluding carboxylic acids is 1. The highest BCUT2D eigenvalue weighted by Gasteiger charge is 2.28. The molecule has 3 atom stereocenters. The van der Waals surface area contributed by atoms with Crippen molar-refractivity contribution in [3.63, 3.8) is 0 Å². The fraction of sp³-hybridized carbons (Fsp3) is 0.588. The third kappa shape index (κ3) is 3.33. The monoisotopic (exact) mass is 275 g/mol. The minimum absolute atomic E-state index is 0.0139. The predicted molar refractivity (Wildman–Crippen MR) is 81.0 cm³/mol. The lowest BCUT2D eigenvalue weighted by Crippen LogP contribution is -2.43. The summed E-state index contributed by atoms with van der Waals surface area (Å²) in [5.74, 6) is 1.87. The molecule has 2 rings (SSSR count). The summed E-state index contributed by atoms with van der Waals surface area (Å²) in [6, 6.07) is 7.74. The van der Waals surface area contributed by atoms with Crippen LogP contribution in [0, 0.1) is 11.8 Å². The highest BCUT2D eigenvalue weighted by atomic mass is 16.5. The van der Waals surface area contributed by atoms with Crippen molar-refractivity contribution in [1.82, 2.24) is 5.32 Å². The van der Waals surface area contributed by atoms with Crippen molar-refractivity contribution in [2.45, 2.75) is 46.1 Å². The van der Waals surface area contributed by atoms with E-state index in [1.807, 2.05) is 31.2 Å². The second kappa shape index (κ2) is 6.78. The first-order chi connectivity index (χ1) is 9.63. The quantitative estimate of drug-likeness (QED) is 0.911. The first kappa shape index (κ1) is 14.9. The number of benzene rings is 1. The molecule has 1 aromatic rings. The Morgan fingerprint density at radius 1 is 1.30 bits per heavy atom. The smallest absolute Gasteiger partial charge is 0.255 e. The molecule has 0 bridgehead atoms. The van der Waals surface area contributed by atoms with Crippen molar-refractivity contribution in [2.75, 3.05) is 6.61 Å². The molecule has 1 fully saturated rings. The molecule has 0 saturated heterocycles. The summed E-state index contributed by atoms with van der Waals surface area (Å²) in [6.45, 7) is 7.01. The van der Waals surface area contributed by atoms with Crippen molar-refractivity contribution < 1.29 is 9.53 Å². The number of hydrogen-bond acceptors (Lipinski definition) is 2. The largest absolute Gasteiger partial charge is 0.493 e. The van der Waals surface area contributed by atoms with Gasteiger partial charge in [-0.3, -0.25) is 4.79 Å². The highest BCUT2D eigenvalue weighted by molar-refractivity contribution is 5.97. The van der Waals surface area contributed by atoms with E-state index < -0.39 is 0 Å². The van der Waals surface area contributed by atoms with Gasteiger partial charge < -0.3 is 10.1 Å². The van der Waals surface area contributed by atoms with Crippen LogP contribution >= 0.6 is 0 Å². The van der Waals surface area contributed by atoms with Crippen molar-refractivity contribution >= 4 is 5.91 Å². The van der Waals surface area contributed by atoms with Gasteiger partial charge in [0.25, 0.3) is 5.91 Å². The molecule has 0 heterocycles. The molecule has 1 N–H and O–H groups in total. The topological polar surface area (TPSA) is 38.3 Å². The molecule has 0 aromatic heterocycles. The first-order valence-electron chi connectivity index (χ1n) is 7.66. The number of ether oxygens (including phenoxy) is 1. The number of hydrogen-bond donors (Lipinski definition) is 1. The summed E-state index contributed by atoms with van der Waals surface area (Å²) in [6.07, 6.45) is 3.54. The molecule has 110 valence electrons. The van der Waals surface area contributed by atoms with Crippen LogP contribution in [0.15, 0.2) is 24.3 Å². The van der Waals surface area contributed by atoms with Crippen LogP contribution in [0.5, 0.6) is 5.75 Å². The van der Waals surface area contributed by atoms with E-state index in [4.69, 9.17) is 4.74 Å². The molecule has 0 radical (unpaired) electrons. The fourth-order valence-electron chi connectivity index (χ4n) is 2.97. The molecule has 1 aromatic carbocycles. The zero-order chi connectivity index (χ0) is 14.5. The molecule has 1 aliphatic rings. The average molecular weight is 275 g/mol. The van der Waals surface area contributed by atoms with Gasteiger partial charge >= 0.3 is 0 Å². The minimum atomic E-state index is -0.0139. The maximum atomic E-state index is 12.5. The molecule has 1 amide bonds. The van der Waals surface area contributed by atoms with E-state index in [0.29, 0.717) is 29.8 Å². The molecular weight excluding hydrogens is 250 g/mol. The van der Waals surface area contributed by atoms with Crippen molar-refractivity contribution in [2.24, 2.45) is 11.8 Å². The molecule has 20 heavy (non-hydrogen) atoms. The van der Waals surface area contributed by atoms with E-state index >= 15 is 0 Å². The fourth-order valence-corrected chi connectivity index (χ4v) is 2.97. The van der Waals surface area contributed by atoms with Crippen molar-refractivity contribution in [3.05, 3.63) is 29.8 Å². The van der Waals surface area contributed by atoms with Crippen LogP contribution in [-0.2, 0) is 0 Å². The third-order valence-electron chi connectivity index (χ3n) is 4.45. The minimum Gasteiger partial charge on any atom is -0.493 e. The number of amides is 1. The van der Waals surface area contributed by atoms with E-state index in [9.17, 15) is 4.79 Å². The standard InChI is InChI=1S/C17H25NO2/c1-4-20-16-11-6-5-9-14(16)17(19)18-15-10-7-8-12(2)13(15)3/h5-6,9,11-13,15H,4,7-8,10H2,1-3H3,(H,18,19)/t12-,13-,15-/m0/s1. The highest BCUT2D eigenvalue weighted by Crippen LogP contribution is 2.30. The van der Waals surface area contributed by atoms with E-state index in [2.05, 4.69) is 19.2 Å². The number of nitrogens with one attached hydrogen (secondary N) is 1. The van der Waals surface area contributed by atoms with Crippen LogP contribution in [0.25, 0.3) is 0 Å². The van der Waals surface area contributed by atoms with Gasteiger partial charge in [-0.2, -0.15) is 0 Å². The van der Waals surface area contributed by atoms with Gasteiger partial charge in [0.1, 0.15) is 5.75 Å². The normalized spacial score (nSPS) is 26.1. The van der Waals surface area contributed by atoms with Crippen LogP contribution in [0.2, 0.25) is 0 Å². The van der Waals surface area contributed by atoms with Crippen molar-refractivity contribution in [1.29, 1.82) is 0 Å². The molecule has 1 aliphatic carbocycles. The zero-order valence-electron chi connectivity index (χ0n) is 12.7. The Morgan fingerprint density at radius 3 is 2.80 bits per heavy atom. The molecule has 0 unspecified atom stereocenters. The first-order valence-corrected chi connectivity index (χ1v) is 7.66. The van der Waals surface area contributed by atoms with Gasteiger partial charge in [0.05, 0.1) is 12.2 Å². The summed E-state index contributed by atoms with van der Waals surface area (Å²) in [7, 11) is 0. The maximum absolute atomic E-state index is 12.5. The summed E-state index contributed by atoms with van der Waals surface area (Å²) in [4.78, 5) is 12.5. The Morgan fingerprint density at radius 2 is 2.05 bits per heavy atom. The third-order valence-corrected chi connectivity index (χ3v) is 4.45. The summed E-state index contributed by atoms with van der Waals surface area (Å²) in [5.41, 5.74) is 0.639. The maximum Gasteiger partial charge on any atom is 0.255 e. The van der Waals surface area contributed by atoms with Crippen LogP contribution in [0.1, 0.15) is 50.4 Å². The molecular formula is C17H25NO2. The van der Waals surface area contributed by atoms with E-state index in [1.54, 1.807) is 0 Å². The average Bonchev–Trinajstić information content (AvgIpc) is 2.45. The summed E-state index contributed by atoms with van der Waals surface area (Å²) >= 11 is 0. The Labute approximate surface area is 121 Å². The molecule has 0 spiro atoms. The van der Waals surface area contributed by atoms with Crippen LogP contribution in [0.3, 0.4) is 0 Å². The zero-order valence-corrected chi connectivity index (χ0v) is 12.7. The van der Waals surface area contributed by atoms with Gasteiger partial charge in [0, 0.05) is 6.04 Å². The van der Waals surface area contributed by atoms with E-state index in [0.717, 1.165) is 6.42 Å². The van der Waals surface area contributed by atoms with Gasteiger partial charge in [0.2, 0.25) is 0 Å². The van der Waals surface area contributed by atoms with Gasteiger partial charge in [-0.15, -0.1) is 0 Å². The van der Waals surface area contributed by atoms with Crippen LogP contribution in [-0.4, -0.2) is 18.6 Å². The van der Waals surface area contributed by atoms with Crippen LogP contribution < -0.4 is 10.1 Å². The lowest BCUT2D eigenvalue weighted by atomic mass is 9.78. The summed E-state index contributed by atoms with van der Waals surface area (Å²) < 4.78 is 5.53. The second-order valence-electron chi connectivity index (χ2n) is 5.78. The Hall–Kier alpha value is -1.51. The lowest BCUT2D eigenvalue weighted by molar-refractivity contribution is 0.0887. The molecule has 3 nitrogen and oxygen atoms in total. The molecule has 3 heteroatoms. The van der Waals surface area contributed by atoms with E-state index in [1.165, 1.54) is 12.8 Å². The molecule has 1 saturated carbocycles. The Bertz CT molecular complexity index is 458. The number of para-hydroxylation sites is 1. The lowest BCUT2D eigenvalue weighted by Gasteiger charge is -2.34. The van der Waals surface area contributed by atoms with Gasteiger partial charge in [0.15, 0.2) is 0 Å². The number of rotatable bonds is 4. The number of carbonyl (C=O) groups is 1. The molecule has 0 aliphatic heterocycles. The Kier molecular flexibility index (Phi) is 5.05. The van der Waals surface area contributed by atoms with Crippen molar-refractivity contribution in [3.8, 4) is 5.75 Å². The Balaban J connectivity index is 2.08. The van der Waals surface area contributed by atoms with Gasteiger partial charge in [-0.25, -0.2) is 0 Å². The van der Waals surface area contributed by atoms with Crippen LogP contribution in [0.4, 0.5) is 0 Å². The second-order valence-corrected chi connectivity index (χ2v) is 5.78. The SMILES string of the molecule is CCOc1ccccc1C(=O)N[C@H]1CCC[C@H](C)[C@@H]1C. The van der Waals surface area contributed by atoms with Gasteiger partial charge in [-0.05, 0) is 37.3 Å². The summed E-state index contributed by atoms with van der Waals surface area (Å²) in [5, 5.41) is 3.20. The van der Waals surface area contributed by atoms with E-state index in [-0.39, 0.29) is 11.9 Å². The predicted octanol–water partition coefficient (Wildman–Crippen LogP) is 3.64. The van der Waals surface area contributed by atoms with Gasteiger partial charge in [-0.1, -0.05) is 38.8 Å².